The standard InChI is InChI=1S/C14H16N4/c1-9(2)13-11-7-16-8-12(11)17-14(18-13)10-3-5-15-6-4-10/h3-6,9,16H,7-8H2,1-2H3. The van der Waals surface area contributed by atoms with Crippen LogP contribution in [-0.2, 0) is 13.1 Å². The van der Waals surface area contributed by atoms with E-state index in [9.17, 15) is 0 Å². The number of hydrogen-bond donors (Lipinski definition) is 1. The molecule has 0 spiro atoms. The molecule has 3 rings (SSSR count). The number of fused-ring (bicyclic) bond motifs is 1. The van der Waals surface area contributed by atoms with Crippen LogP contribution in [0.25, 0.3) is 11.4 Å². The molecule has 2 aromatic heterocycles. The Morgan fingerprint density at radius 2 is 1.89 bits per heavy atom. The molecule has 4 heteroatoms. The fourth-order valence-electron chi connectivity index (χ4n) is 2.30. The van der Waals surface area contributed by atoms with Crippen molar-refractivity contribution in [2.75, 3.05) is 0 Å². The Hall–Kier alpha value is -1.81. The molecule has 18 heavy (non-hydrogen) atoms. The number of nitrogens with zero attached hydrogens (tertiary/aromatic N) is 3. The van der Waals surface area contributed by atoms with E-state index in [-0.39, 0.29) is 0 Å². The predicted octanol–water partition coefficient (Wildman–Crippen LogP) is 2.27. The van der Waals surface area contributed by atoms with E-state index >= 15 is 0 Å². The van der Waals surface area contributed by atoms with Gasteiger partial charge in [-0.05, 0) is 18.1 Å². The second-order valence-electron chi connectivity index (χ2n) is 4.85. The summed E-state index contributed by atoms with van der Waals surface area (Å²) in [6.07, 6.45) is 3.55. The van der Waals surface area contributed by atoms with Gasteiger partial charge in [0.15, 0.2) is 5.82 Å². The van der Waals surface area contributed by atoms with Gasteiger partial charge in [0.1, 0.15) is 0 Å². The highest BCUT2D eigenvalue weighted by molar-refractivity contribution is 5.55. The van der Waals surface area contributed by atoms with Crippen LogP contribution in [0.15, 0.2) is 24.5 Å². The highest BCUT2D eigenvalue weighted by Gasteiger charge is 2.20. The minimum absolute atomic E-state index is 0.419. The van der Waals surface area contributed by atoms with Crippen molar-refractivity contribution in [3.05, 3.63) is 41.5 Å². The van der Waals surface area contributed by atoms with Gasteiger partial charge in [0, 0.05) is 36.6 Å². The fourth-order valence-corrected chi connectivity index (χ4v) is 2.30. The molecule has 0 aliphatic carbocycles. The Balaban J connectivity index is 2.15. The number of aromatic nitrogens is 3. The van der Waals surface area contributed by atoms with Gasteiger partial charge in [0.2, 0.25) is 0 Å². The van der Waals surface area contributed by atoms with E-state index in [0.29, 0.717) is 5.92 Å². The maximum atomic E-state index is 4.74. The first-order valence-corrected chi connectivity index (χ1v) is 6.26. The minimum Gasteiger partial charge on any atom is -0.307 e. The van der Waals surface area contributed by atoms with Gasteiger partial charge in [-0.2, -0.15) is 0 Å². The first-order chi connectivity index (χ1) is 8.75. The van der Waals surface area contributed by atoms with Crippen molar-refractivity contribution in [3.63, 3.8) is 0 Å². The summed E-state index contributed by atoms with van der Waals surface area (Å²) in [5.41, 5.74) is 4.61. The highest BCUT2D eigenvalue weighted by Crippen LogP contribution is 2.26. The molecule has 0 saturated carbocycles. The minimum atomic E-state index is 0.419. The molecular weight excluding hydrogens is 224 g/mol. The molecule has 0 atom stereocenters. The van der Waals surface area contributed by atoms with Crippen LogP contribution in [-0.4, -0.2) is 15.0 Å². The van der Waals surface area contributed by atoms with Crippen LogP contribution in [0.2, 0.25) is 0 Å². The first kappa shape index (κ1) is 11.3. The molecule has 0 aromatic carbocycles. The van der Waals surface area contributed by atoms with E-state index in [4.69, 9.17) is 4.98 Å². The average molecular weight is 240 g/mol. The number of rotatable bonds is 2. The van der Waals surface area contributed by atoms with Crippen LogP contribution in [0, 0.1) is 0 Å². The first-order valence-electron chi connectivity index (χ1n) is 6.26. The van der Waals surface area contributed by atoms with Crippen LogP contribution < -0.4 is 5.32 Å². The molecule has 0 fully saturated rings. The van der Waals surface area contributed by atoms with Crippen LogP contribution >= 0.6 is 0 Å². The van der Waals surface area contributed by atoms with Crippen LogP contribution in [0.1, 0.15) is 36.7 Å². The number of nitrogens with one attached hydrogen (secondary N) is 1. The van der Waals surface area contributed by atoms with Gasteiger partial charge in [-0.3, -0.25) is 4.98 Å². The third-order valence-electron chi connectivity index (χ3n) is 3.20. The van der Waals surface area contributed by atoms with Gasteiger partial charge in [0.05, 0.1) is 11.4 Å². The zero-order valence-corrected chi connectivity index (χ0v) is 10.6. The van der Waals surface area contributed by atoms with Crippen molar-refractivity contribution in [1.29, 1.82) is 0 Å². The average Bonchev–Trinajstić information content (AvgIpc) is 2.86. The summed E-state index contributed by atoms with van der Waals surface area (Å²) < 4.78 is 0. The lowest BCUT2D eigenvalue weighted by molar-refractivity contribution is 0.746. The Morgan fingerprint density at radius 3 is 2.61 bits per heavy atom. The van der Waals surface area contributed by atoms with E-state index in [1.807, 2.05) is 12.1 Å². The zero-order valence-electron chi connectivity index (χ0n) is 10.6. The van der Waals surface area contributed by atoms with Crippen molar-refractivity contribution >= 4 is 0 Å². The highest BCUT2D eigenvalue weighted by atomic mass is 15.0. The van der Waals surface area contributed by atoms with Crippen molar-refractivity contribution in [2.24, 2.45) is 0 Å². The van der Waals surface area contributed by atoms with Gasteiger partial charge >= 0.3 is 0 Å². The Bertz CT molecular complexity index is 564. The summed E-state index contributed by atoms with van der Waals surface area (Å²) in [6.45, 7) is 6.09. The van der Waals surface area contributed by atoms with Gasteiger partial charge in [-0.25, -0.2) is 9.97 Å². The van der Waals surface area contributed by atoms with E-state index in [2.05, 4.69) is 29.1 Å². The maximum absolute atomic E-state index is 4.74. The summed E-state index contributed by atoms with van der Waals surface area (Å²) in [4.78, 5) is 13.4. The van der Waals surface area contributed by atoms with Gasteiger partial charge in [-0.1, -0.05) is 13.8 Å². The van der Waals surface area contributed by atoms with Crippen molar-refractivity contribution in [1.82, 2.24) is 20.3 Å². The summed E-state index contributed by atoms with van der Waals surface area (Å²) in [6, 6.07) is 3.91. The summed E-state index contributed by atoms with van der Waals surface area (Å²) >= 11 is 0. The lowest BCUT2D eigenvalue weighted by Crippen LogP contribution is -2.05. The molecule has 0 unspecified atom stereocenters. The summed E-state index contributed by atoms with van der Waals surface area (Å²) in [5, 5.41) is 3.35. The maximum Gasteiger partial charge on any atom is 0.159 e. The molecule has 2 aromatic rings. The Labute approximate surface area is 107 Å². The van der Waals surface area contributed by atoms with E-state index in [0.717, 1.165) is 35.9 Å². The summed E-state index contributed by atoms with van der Waals surface area (Å²) in [5.74, 6) is 1.23. The third kappa shape index (κ3) is 1.88. The molecule has 0 radical (unpaired) electrons. The quantitative estimate of drug-likeness (QED) is 0.874. The molecule has 1 aliphatic heterocycles. The molecular formula is C14H16N4. The van der Waals surface area contributed by atoms with E-state index in [1.165, 1.54) is 5.56 Å². The largest absolute Gasteiger partial charge is 0.307 e. The van der Waals surface area contributed by atoms with Crippen molar-refractivity contribution in [3.8, 4) is 11.4 Å². The number of pyridine rings is 1. The molecule has 1 aliphatic rings. The van der Waals surface area contributed by atoms with Gasteiger partial charge < -0.3 is 5.32 Å². The van der Waals surface area contributed by atoms with E-state index in [1.54, 1.807) is 12.4 Å². The molecule has 1 N–H and O–H groups in total. The van der Waals surface area contributed by atoms with Gasteiger partial charge in [0.25, 0.3) is 0 Å². The molecule has 0 saturated heterocycles. The predicted molar refractivity (Wildman–Crippen MR) is 69.9 cm³/mol. The van der Waals surface area contributed by atoms with Gasteiger partial charge in [-0.15, -0.1) is 0 Å². The SMILES string of the molecule is CC(C)c1nc(-c2ccncc2)nc2c1CNC2. The van der Waals surface area contributed by atoms with Crippen molar-refractivity contribution < 1.29 is 0 Å². The second-order valence-corrected chi connectivity index (χ2v) is 4.85. The zero-order chi connectivity index (χ0) is 12.5. The number of hydrogen-bond acceptors (Lipinski definition) is 4. The monoisotopic (exact) mass is 240 g/mol. The fraction of sp³-hybridized carbons (Fsp3) is 0.357. The molecule has 0 amide bonds. The van der Waals surface area contributed by atoms with Crippen LogP contribution in [0.3, 0.4) is 0 Å². The van der Waals surface area contributed by atoms with Crippen LogP contribution in [0.4, 0.5) is 0 Å². The lowest BCUT2D eigenvalue weighted by Gasteiger charge is -2.12. The topological polar surface area (TPSA) is 50.7 Å². The normalized spacial score (nSPS) is 13.9. The van der Waals surface area contributed by atoms with Crippen molar-refractivity contribution in [2.45, 2.75) is 32.9 Å². The molecule has 92 valence electrons. The lowest BCUT2D eigenvalue weighted by atomic mass is 10.0. The molecule has 3 heterocycles. The second kappa shape index (κ2) is 4.46. The molecule has 0 bridgehead atoms. The smallest absolute Gasteiger partial charge is 0.159 e. The van der Waals surface area contributed by atoms with E-state index < -0.39 is 0 Å². The Morgan fingerprint density at radius 1 is 1.11 bits per heavy atom. The Kier molecular flexibility index (Phi) is 2.80. The van der Waals surface area contributed by atoms with Crippen LogP contribution in [0.5, 0.6) is 0 Å². The molecule has 4 nitrogen and oxygen atoms in total. The summed E-state index contributed by atoms with van der Waals surface area (Å²) in [7, 11) is 0. The third-order valence-corrected chi connectivity index (χ3v) is 3.20.